The molecule has 22 heavy (non-hydrogen) atoms. The molecule has 0 radical (unpaired) electrons. The molecule has 1 aliphatic rings. The summed E-state index contributed by atoms with van der Waals surface area (Å²) in [6, 6.07) is 7.38. The van der Waals surface area contributed by atoms with E-state index in [1.807, 2.05) is 18.2 Å². The Morgan fingerprint density at radius 2 is 2.09 bits per heavy atom. The van der Waals surface area contributed by atoms with Gasteiger partial charge in [-0.2, -0.15) is 0 Å². The summed E-state index contributed by atoms with van der Waals surface area (Å²) in [6.07, 6.45) is -0.167. The maximum atomic E-state index is 12.7. The Morgan fingerprint density at radius 1 is 1.32 bits per heavy atom. The van der Waals surface area contributed by atoms with Crippen molar-refractivity contribution in [2.45, 2.75) is 19.1 Å². The number of carbonyl (C=O) groups excluding carboxylic acids is 2. The molecule has 1 amide bonds. The van der Waals surface area contributed by atoms with Crippen LogP contribution in [-0.4, -0.2) is 56.8 Å². The van der Waals surface area contributed by atoms with Gasteiger partial charge in [-0.15, -0.1) is 0 Å². The van der Waals surface area contributed by atoms with Crippen molar-refractivity contribution in [2.24, 2.45) is 0 Å². The van der Waals surface area contributed by atoms with Crippen molar-refractivity contribution in [3.8, 4) is 0 Å². The van der Waals surface area contributed by atoms with Gasteiger partial charge in [-0.3, -0.25) is 9.59 Å². The summed E-state index contributed by atoms with van der Waals surface area (Å²) >= 11 is 0. The lowest BCUT2D eigenvalue weighted by Crippen LogP contribution is -2.46. The number of morpholine rings is 1. The fraction of sp³-hybridized carbons (Fsp3) is 0.500. The first-order chi connectivity index (χ1) is 10.7. The molecule has 1 fully saturated rings. The molecular weight excluding hydrogens is 286 g/mol. The third kappa shape index (κ3) is 4.05. The van der Waals surface area contributed by atoms with Crippen molar-refractivity contribution in [3.63, 3.8) is 0 Å². The van der Waals surface area contributed by atoms with E-state index in [4.69, 9.17) is 9.47 Å². The van der Waals surface area contributed by atoms with Gasteiger partial charge in [-0.1, -0.05) is 18.2 Å². The molecule has 0 bridgehead atoms. The van der Waals surface area contributed by atoms with Crippen LogP contribution >= 0.6 is 0 Å². The van der Waals surface area contributed by atoms with Crippen molar-refractivity contribution in [1.29, 1.82) is 0 Å². The van der Waals surface area contributed by atoms with E-state index in [-0.39, 0.29) is 24.4 Å². The second kappa shape index (κ2) is 7.91. The van der Waals surface area contributed by atoms with Gasteiger partial charge in [0.1, 0.15) is 0 Å². The highest BCUT2D eigenvalue weighted by Crippen LogP contribution is 2.16. The van der Waals surface area contributed by atoms with Gasteiger partial charge in [0.25, 0.3) is 5.91 Å². The molecule has 2 rings (SSSR count). The minimum atomic E-state index is -0.334. The van der Waals surface area contributed by atoms with Crippen LogP contribution in [0.3, 0.4) is 0 Å². The summed E-state index contributed by atoms with van der Waals surface area (Å²) in [4.78, 5) is 25.8. The number of methoxy groups -OCH3 is 2. The summed E-state index contributed by atoms with van der Waals surface area (Å²) in [5.74, 6) is -0.398. The van der Waals surface area contributed by atoms with Crippen LogP contribution in [0.15, 0.2) is 24.3 Å². The van der Waals surface area contributed by atoms with Crippen LogP contribution in [0.1, 0.15) is 22.3 Å². The molecule has 6 nitrogen and oxygen atoms in total. The number of carbonyl (C=O) groups is 2. The average Bonchev–Trinajstić information content (AvgIpc) is 2.55. The molecular formula is C16H21NO5. The summed E-state index contributed by atoms with van der Waals surface area (Å²) in [5.41, 5.74) is 1.48. The maximum absolute atomic E-state index is 12.7. The fourth-order valence-corrected chi connectivity index (χ4v) is 2.48. The maximum Gasteiger partial charge on any atom is 0.308 e. The quantitative estimate of drug-likeness (QED) is 0.766. The van der Waals surface area contributed by atoms with E-state index in [0.717, 1.165) is 5.56 Å². The molecule has 1 saturated heterocycles. The second-order valence-electron chi connectivity index (χ2n) is 5.11. The molecule has 0 N–H and O–H groups in total. The van der Waals surface area contributed by atoms with Crippen molar-refractivity contribution in [3.05, 3.63) is 35.4 Å². The highest BCUT2D eigenvalue weighted by Gasteiger charge is 2.27. The van der Waals surface area contributed by atoms with Crippen molar-refractivity contribution in [1.82, 2.24) is 4.90 Å². The Hall–Kier alpha value is -1.92. The Bertz CT molecular complexity index is 531. The molecule has 0 spiro atoms. The predicted molar refractivity (Wildman–Crippen MR) is 79.4 cm³/mol. The van der Waals surface area contributed by atoms with E-state index < -0.39 is 0 Å². The zero-order valence-electron chi connectivity index (χ0n) is 12.9. The average molecular weight is 307 g/mol. The van der Waals surface area contributed by atoms with Crippen LogP contribution in [0.5, 0.6) is 0 Å². The fourth-order valence-electron chi connectivity index (χ4n) is 2.48. The van der Waals surface area contributed by atoms with E-state index in [0.29, 0.717) is 31.9 Å². The molecule has 0 unspecified atom stereocenters. The van der Waals surface area contributed by atoms with Gasteiger partial charge in [-0.25, -0.2) is 0 Å². The number of esters is 1. The van der Waals surface area contributed by atoms with Crippen LogP contribution in [0.2, 0.25) is 0 Å². The SMILES string of the molecule is COCc1ccccc1C(=O)N1CCO[C@@H](CC(=O)OC)C1. The third-order valence-corrected chi connectivity index (χ3v) is 3.60. The second-order valence-corrected chi connectivity index (χ2v) is 5.11. The van der Waals surface area contributed by atoms with Gasteiger partial charge in [0.05, 0.1) is 32.8 Å². The lowest BCUT2D eigenvalue weighted by molar-refractivity contribution is -0.145. The van der Waals surface area contributed by atoms with E-state index in [1.165, 1.54) is 7.11 Å². The highest BCUT2D eigenvalue weighted by molar-refractivity contribution is 5.95. The predicted octanol–water partition coefficient (Wildman–Crippen LogP) is 1.24. The number of hydrogen-bond donors (Lipinski definition) is 0. The monoisotopic (exact) mass is 307 g/mol. The lowest BCUT2D eigenvalue weighted by atomic mass is 10.1. The van der Waals surface area contributed by atoms with E-state index in [9.17, 15) is 9.59 Å². The number of hydrogen-bond acceptors (Lipinski definition) is 5. The zero-order valence-corrected chi connectivity index (χ0v) is 12.9. The molecule has 0 aromatic heterocycles. The van der Waals surface area contributed by atoms with E-state index in [2.05, 4.69) is 4.74 Å². The van der Waals surface area contributed by atoms with Crippen LogP contribution < -0.4 is 0 Å². The van der Waals surface area contributed by atoms with Gasteiger partial charge < -0.3 is 19.1 Å². The first kappa shape index (κ1) is 16.5. The normalized spacial score (nSPS) is 18.1. The van der Waals surface area contributed by atoms with Gasteiger partial charge in [0.2, 0.25) is 0 Å². The topological polar surface area (TPSA) is 65.1 Å². The molecule has 1 aromatic carbocycles. The Kier molecular flexibility index (Phi) is 5.91. The molecule has 0 saturated carbocycles. The lowest BCUT2D eigenvalue weighted by Gasteiger charge is -2.33. The summed E-state index contributed by atoms with van der Waals surface area (Å²) in [5, 5.41) is 0. The van der Waals surface area contributed by atoms with Crippen molar-refractivity contribution in [2.75, 3.05) is 33.9 Å². The minimum Gasteiger partial charge on any atom is -0.469 e. The van der Waals surface area contributed by atoms with Crippen LogP contribution in [0.4, 0.5) is 0 Å². The van der Waals surface area contributed by atoms with E-state index in [1.54, 1.807) is 18.1 Å². The van der Waals surface area contributed by atoms with E-state index >= 15 is 0 Å². The van der Waals surface area contributed by atoms with Crippen LogP contribution in [-0.2, 0) is 25.6 Å². The molecule has 1 heterocycles. The van der Waals surface area contributed by atoms with Crippen LogP contribution in [0, 0.1) is 0 Å². The first-order valence-corrected chi connectivity index (χ1v) is 7.20. The molecule has 1 atom stereocenters. The zero-order chi connectivity index (χ0) is 15.9. The summed E-state index contributed by atoms with van der Waals surface area (Å²) in [7, 11) is 2.94. The Balaban J connectivity index is 2.07. The van der Waals surface area contributed by atoms with Crippen LogP contribution in [0.25, 0.3) is 0 Å². The molecule has 120 valence electrons. The Labute approximate surface area is 129 Å². The minimum absolute atomic E-state index is 0.0641. The summed E-state index contributed by atoms with van der Waals surface area (Å²) in [6.45, 7) is 1.70. The number of nitrogens with zero attached hydrogens (tertiary/aromatic N) is 1. The number of amides is 1. The molecule has 1 aliphatic heterocycles. The van der Waals surface area contributed by atoms with Crippen molar-refractivity contribution >= 4 is 11.9 Å². The smallest absolute Gasteiger partial charge is 0.308 e. The number of ether oxygens (including phenoxy) is 3. The van der Waals surface area contributed by atoms with Gasteiger partial charge in [0, 0.05) is 25.8 Å². The molecule has 1 aromatic rings. The Morgan fingerprint density at radius 3 is 2.82 bits per heavy atom. The number of benzene rings is 1. The van der Waals surface area contributed by atoms with Gasteiger partial charge >= 0.3 is 5.97 Å². The molecule has 0 aliphatic carbocycles. The standard InChI is InChI=1S/C16H21NO5/c1-20-11-12-5-3-4-6-14(12)16(19)17-7-8-22-13(10-17)9-15(18)21-2/h3-6,13H,7-11H2,1-2H3/t13-/m0/s1. The van der Waals surface area contributed by atoms with Crippen molar-refractivity contribution < 1.29 is 23.8 Å². The first-order valence-electron chi connectivity index (χ1n) is 7.20. The summed E-state index contributed by atoms with van der Waals surface area (Å²) < 4.78 is 15.3. The highest BCUT2D eigenvalue weighted by atomic mass is 16.5. The van der Waals surface area contributed by atoms with Gasteiger partial charge in [-0.05, 0) is 11.6 Å². The van der Waals surface area contributed by atoms with Gasteiger partial charge in [0.15, 0.2) is 0 Å². The third-order valence-electron chi connectivity index (χ3n) is 3.60. The number of rotatable bonds is 5. The largest absolute Gasteiger partial charge is 0.469 e. The molecule has 6 heteroatoms.